The Bertz CT molecular complexity index is 922. The molecule has 2 aromatic heterocycles. The van der Waals surface area contributed by atoms with Gasteiger partial charge in [-0.3, -0.25) is 14.3 Å². The predicted octanol–water partition coefficient (Wildman–Crippen LogP) is 3.49. The number of amides is 1. The van der Waals surface area contributed by atoms with Gasteiger partial charge in [0.15, 0.2) is 11.0 Å². The van der Waals surface area contributed by atoms with E-state index in [0.29, 0.717) is 6.54 Å². The third kappa shape index (κ3) is 4.09. The summed E-state index contributed by atoms with van der Waals surface area (Å²) in [7, 11) is 0. The van der Waals surface area contributed by atoms with Gasteiger partial charge in [0.2, 0.25) is 5.91 Å². The van der Waals surface area contributed by atoms with Gasteiger partial charge in [0.25, 0.3) is 0 Å². The predicted molar refractivity (Wildman–Crippen MR) is 110 cm³/mol. The van der Waals surface area contributed by atoms with Crippen molar-refractivity contribution in [3.63, 3.8) is 0 Å². The molecule has 1 aliphatic rings. The average Bonchev–Trinajstić information content (AvgIpc) is 3.40. The Morgan fingerprint density at radius 1 is 1.11 bits per heavy atom. The highest BCUT2D eigenvalue weighted by Crippen LogP contribution is 2.28. The van der Waals surface area contributed by atoms with Crippen molar-refractivity contribution in [3.05, 3.63) is 60.4 Å². The Labute approximate surface area is 169 Å². The molecule has 7 heteroatoms. The van der Waals surface area contributed by atoms with Crippen molar-refractivity contribution in [1.29, 1.82) is 0 Å². The van der Waals surface area contributed by atoms with Gasteiger partial charge in [-0.05, 0) is 37.5 Å². The highest BCUT2D eigenvalue weighted by Gasteiger charge is 2.26. The number of benzene rings is 1. The molecule has 0 aliphatic carbocycles. The number of hydrogen-bond donors (Lipinski definition) is 0. The molecule has 0 N–H and O–H groups in total. The monoisotopic (exact) mass is 393 g/mol. The number of aromatic nitrogens is 4. The van der Waals surface area contributed by atoms with Crippen LogP contribution in [0.2, 0.25) is 0 Å². The molecule has 1 fully saturated rings. The van der Waals surface area contributed by atoms with Gasteiger partial charge >= 0.3 is 0 Å². The second-order valence-electron chi connectivity index (χ2n) is 6.91. The Kier molecular flexibility index (Phi) is 5.71. The second kappa shape index (κ2) is 8.56. The van der Waals surface area contributed by atoms with Gasteiger partial charge in [0, 0.05) is 31.0 Å². The Hall–Kier alpha value is -2.67. The highest BCUT2D eigenvalue weighted by molar-refractivity contribution is 8.00. The molecule has 1 unspecified atom stereocenters. The van der Waals surface area contributed by atoms with Crippen molar-refractivity contribution in [2.75, 3.05) is 13.1 Å². The van der Waals surface area contributed by atoms with Crippen molar-refractivity contribution in [2.24, 2.45) is 0 Å². The lowest BCUT2D eigenvalue weighted by molar-refractivity contribution is -0.129. The molecule has 0 radical (unpaired) electrons. The standard InChI is InChI=1S/C21H23N5OS/c1-16(20(27)25-12-5-6-13-25)28-21-24-23-19(18-10-7-11-22-14-18)26(21)15-17-8-3-2-4-9-17/h2-4,7-11,14,16H,5-6,12-13,15H2,1H3. The normalized spacial score (nSPS) is 15.0. The molecule has 3 aromatic rings. The number of hydrogen-bond acceptors (Lipinski definition) is 5. The van der Waals surface area contributed by atoms with Crippen molar-refractivity contribution in [3.8, 4) is 11.4 Å². The lowest BCUT2D eigenvalue weighted by Gasteiger charge is -2.20. The number of likely N-dealkylation sites (tertiary alicyclic amines) is 1. The Morgan fingerprint density at radius 3 is 2.61 bits per heavy atom. The summed E-state index contributed by atoms with van der Waals surface area (Å²) in [5.41, 5.74) is 2.07. The first-order chi connectivity index (χ1) is 13.7. The van der Waals surface area contributed by atoms with Crippen LogP contribution in [0.25, 0.3) is 11.4 Å². The molecular weight excluding hydrogens is 370 g/mol. The molecule has 0 bridgehead atoms. The number of pyridine rings is 1. The zero-order valence-corrected chi connectivity index (χ0v) is 16.7. The Morgan fingerprint density at radius 2 is 1.89 bits per heavy atom. The van der Waals surface area contributed by atoms with Gasteiger partial charge in [-0.15, -0.1) is 10.2 Å². The number of carbonyl (C=O) groups excluding carboxylic acids is 1. The van der Waals surface area contributed by atoms with Gasteiger partial charge < -0.3 is 4.90 Å². The molecule has 4 rings (SSSR count). The lowest BCUT2D eigenvalue weighted by atomic mass is 10.2. The highest BCUT2D eigenvalue weighted by atomic mass is 32.2. The van der Waals surface area contributed by atoms with Crippen molar-refractivity contribution in [1.82, 2.24) is 24.6 Å². The summed E-state index contributed by atoms with van der Waals surface area (Å²) >= 11 is 1.48. The number of thioether (sulfide) groups is 1. The van der Waals surface area contributed by atoms with Crippen LogP contribution >= 0.6 is 11.8 Å². The molecular formula is C21H23N5OS. The fourth-order valence-corrected chi connectivity index (χ4v) is 4.33. The van der Waals surface area contributed by atoms with E-state index < -0.39 is 0 Å². The summed E-state index contributed by atoms with van der Waals surface area (Å²) in [6.07, 6.45) is 5.73. The number of carbonyl (C=O) groups is 1. The van der Waals surface area contributed by atoms with Crippen LogP contribution in [0.3, 0.4) is 0 Å². The van der Waals surface area contributed by atoms with Gasteiger partial charge in [0.05, 0.1) is 11.8 Å². The molecule has 0 saturated carbocycles. The maximum Gasteiger partial charge on any atom is 0.235 e. The number of nitrogens with zero attached hydrogens (tertiary/aromatic N) is 5. The summed E-state index contributed by atoms with van der Waals surface area (Å²) < 4.78 is 2.07. The van der Waals surface area contributed by atoms with E-state index in [-0.39, 0.29) is 11.2 Å². The summed E-state index contributed by atoms with van der Waals surface area (Å²) in [6, 6.07) is 14.1. The van der Waals surface area contributed by atoms with E-state index in [4.69, 9.17) is 0 Å². The minimum atomic E-state index is -0.196. The third-order valence-electron chi connectivity index (χ3n) is 4.87. The van der Waals surface area contributed by atoms with Crippen LogP contribution < -0.4 is 0 Å². The molecule has 1 aromatic carbocycles. The third-order valence-corrected chi connectivity index (χ3v) is 5.94. The summed E-state index contributed by atoms with van der Waals surface area (Å²) in [5.74, 6) is 0.944. The molecule has 1 amide bonds. The van der Waals surface area contributed by atoms with Gasteiger partial charge in [-0.1, -0.05) is 42.1 Å². The van der Waals surface area contributed by atoms with Gasteiger partial charge in [-0.2, -0.15) is 0 Å². The number of rotatable bonds is 6. The van der Waals surface area contributed by atoms with Crippen molar-refractivity contribution < 1.29 is 4.79 Å². The van der Waals surface area contributed by atoms with Crippen LogP contribution in [-0.4, -0.2) is 48.9 Å². The maximum absolute atomic E-state index is 12.7. The first-order valence-electron chi connectivity index (χ1n) is 9.55. The minimum absolute atomic E-state index is 0.180. The van der Waals surface area contributed by atoms with E-state index in [1.165, 1.54) is 11.8 Å². The molecule has 1 saturated heterocycles. The van der Waals surface area contributed by atoms with Gasteiger partial charge in [-0.25, -0.2) is 0 Å². The van der Waals surface area contributed by atoms with Crippen molar-refractivity contribution >= 4 is 17.7 Å². The van der Waals surface area contributed by atoms with E-state index >= 15 is 0 Å². The maximum atomic E-state index is 12.7. The van der Waals surface area contributed by atoms with Crippen LogP contribution in [0.5, 0.6) is 0 Å². The zero-order valence-electron chi connectivity index (χ0n) is 15.9. The fraction of sp³-hybridized carbons (Fsp3) is 0.333. The largest absolute Gasteiger partial charge is 0.342 e. The van der Waals surface area contributed by atoms with E-state index in [9.17, 15) is 4.79 Å². The first-order valence-corrected chi connectivity index (χ1v) is 10.4. The van der Waals surface area contributed by atoms with E-state index in [1.807, 2.05) is 42.2 Å². The fourth-order valence-electron chi connectivity index (χ4n) is 3.40. The average molecular weight is 394 g/mol. The second-order valence-corrected chi connectivity index (χ2v) is 8.22. The molecule has 1 aliphatic heterocycles. The SMILES string of the molecule is CC(Sc1nnc(-c2cccnc2)n1Cc1ccccc1)C(=O)N1CCCC1. The van der Waals surface area contributed by atoms with Crippen LogP contribution in [0.4, 0.5) is 0 Å². The van der Waals surface area contributed by atoms with Gasteiger partial charge in [0.1, 0.15) is 0 Å². The topological polar surface area (TPSA) is 63.9 Å². The van der Waals surface area contributed by atoms with Crippen LogP contribution in [0.1, 0.15) is 25.3 Å². The smallest absolute Gasteiger partial charge is 0.235 e. The molecule has 3 heterocycles. The summed E-state index contributed by atoms with van der Waals surface area (Å²) in [4.78, 5) is 18.9. The summed E-state index contributed by atoms with van der Waals surface area (Å²) in [5, 5.41) is 9.39. The molecule has 28 heavy (non-hydrogen) atoms. The molecule has 144 valence electrons. The molecule has 1 atom stereocenters. The van der Waals surface area contributed by atoms with E-state index in [0.717, 1.165) is 48.0 Å². The van der Waals surface area contributed by atoms with Crippen LogP contribution in [0.15, 0.2) is 60.0 Å². The zero-order chi connectivity index (χ0) is 19.3. The van der Waals surface area contributed by atoms with E-state index in [2.05, 4.69) is 31.9 Å². The van der Waals surface area contributed by atoms with Crippen LogP contribution in [0, 0.1) is 0 Å². The summed E-state index contributed by atoms with van der Waals surface area (Å²) in [6.45, 7) is 4.32. The molecule has 0 spiro atoms. The van der Waals surface area contributed by atoms with E-state index in [1.54, 1.807) is 12.4 Å². The Balaban J connectivity index is 1.62. The first kappa shape index (κ1) is 18.7. The molecule has 6 nitrogen and oxygen atoms in total. The van der Waals surface area contributed by atoms with Crippen LogP contribution in [-0.2, 0) is 11.3 Å². The van der Waals surface area contributed by atoms with Crippen molar-refractivity contribution in [2.45, 2.75) is 36.7 Å². The quantitative estimate of drug-likeness (QED) is 0.600. The lowest BCUT2D eigenvalue weighted by Crippen LogP contribution is -2.34. The minimum Gasteiger partial charge on any atom is -0.342 e.